The number of anilines is 1. The number of benzene rings is 1. The Morgan fingerprint density at radius 1 is 1.57 bits per heavy atom. The summed E-state index contributed by atoms with van der Waals surface area (Å²) in [7, 11) is 0. The van der Waals surface area contributed by atoms with Gasteiger partial charge in [-0.3, -0.25) is 0 Å². The Balaban J connectivity index is 2.71. The number of rotatable bonds is 4. The Morgan fingerprint density at radius 3 is 2.93 bits per heavy atom. The molecule has 0 unspecified atom stereocenters. The molecule has 74 valence electrons. The van der Waals surface area contributed by atoms with Crippen molar-refractivity contribution in [1.29, 1.82) is 0 Å². The van der Waals surface area contributed by atoms with Gasteiger partial charge in [0, 0.05) is 10.00 Å². The third kappa shape index (κ3) is 3.06. The maximum absolute atomic E-state index is 9.96. The molecular weight excluding hydrogens is 202 g/mol. The molecule has 0 bridgehead atoms. The van der Waals surface area contributed by atoms with Gasteiger partial charge >= 0.3 is 6.34 Å². The first-order valence-corrected chi connectivity index (χ1v) is 5.02. The summed E-state index contributed by atoms with van der Waals surface area (Å²) in [5.41, 5.74) is 3.36. The Labute approximate surface area is 85.4 Å². The van der Waals surface area contributed by atoms with Gasteiger partial charge in [-0.2, -0.15) is 5.43 Å². The first-order chi connectivity index (χ1) is 6.74. The zero-order valence-corrected chi connectivity index (χ0v) is 8.32. The summed E-state index contributed by atoms with van der Waals surface area (Å²) in [6.07, 6.45) is 2.55. The van der Waals surface area contributed by atoms with Crippen LogP contribution in [0.5, 0.6) is 0 Å². The normalized spacial score (nSPS) is 10.4. The number of nitro groups is 1. The molecule has 5 nitrogen and oxygen atoms in total. The highest BCUT2D eigenvalue weighted by molar-refractivity contribution is 7.98. The molecule has 0 spiro atoms. The van der Waals surface area contributed by atoms with E-state index in [-0.39, 0.29) is 0 Å². The minimum Gasteiger partial charge on any atom is -0.358 e. The molecule has 0 fully saturated rings. The molecule has 0 radical (unpaired) electrons. The topological polar surface area (TPSA) is 67.5 Å². The van der Waals surface area contributed by atoms with E-state index < -0.39 is 4.92 Å². The number of nitrogens with zero attached hydrogens (tertiary/aromatic N) is 2. The van der Waals surface area contributed by atoms with Crippen LogP contribution in [0.15, 0.2) is 34.3 Å². The van der Waals surface area contributed by atoms with Crippen LogP contribution in [0.2, 0.25) is 0 Å². The van der Waals surface area contributed by atoms with Crippen molar-refractivity contribution in [2.24, 2.45) is 5.10 Å². The summed E-state index contributed by atoms with van der Waals surface area (Å²) in [6.45, 7) is 0. The van der Waals surface area contributed by atoms with E-state index >= 15 is 0 Å². The van der Waals surface area contributed by atoms with Gasteiger partial charge in [-0.25, -0.2) is 0 Å². The van der Waals surface area contributed by atoms with E-state index in [2.05, 4.69) is 10.5 Å². The smallest absolute Gasteiger partial charge is 0.352 e. The van der Waals surface area contributed by atoms with Crippen molar-refractivity contribution < 1.29 is 4.92 Å². The second kappa shape index (κ2) is 5.23. The van der Waals surface area contributed by atoms with E-state index in [1.165, 1.54) is 0 Å². The molecule has 0 aliphatic rings. The second-order valence-electron chi connectivity index (χ2n) is 2.34. The fourth-order valence-corrected chi connectivity index (χ4v) is 1.43. The molecule has 6 heteroatoms. The molecule has 14 heavy (non-hydrogen) atoms. The summed E-state index contributed by atoms with van der Waals surface area (Å²) in [5, 5.41) is 13.4. The predicted molar refractivity (Wildman–Crippen MR) is 57.3 cm³/mol. The summed E-state index contributed by atoms with van der Waals surface area (Å²) in [4.78, 5) is 10.3. The fraction of sp³-hybridized carbons (Fsp3) is 0.125. The number of hydrogen-bond acceptors (Lipinski definition) is 5. The van der Waals surface area contributed by atoms with Crippen molar-refractivity contribution in [1.82, 2.24) is 0 Å². The zero-order chi connectivity index (χ0) is 10.4. The Kier molecular flexibility index (Phi) is 3.93. The molecule has 0 saturated heterocycles. The van der Waals surface area contributed by atoms with Crippen LogP contribution in [-0.2, 0) is 0 Å². The number of hydrazone groups is 1. The molecule has 1 N–H and O–H groups in total. The standard InChI is InChI=1S/C8H9N3O2S/c1-14-8-5-3-2-4-7(8)10-9-6-11(12)13/h2-6,10H,1H3/b9-6-. The molecule has 0 atom stereocenters. The highest BCUT2D eigenvalue weighted by Crippen LogP contribution is 2.24. The van der Waals surface area contributed by atoms with E-state index in [1.807, 2.05) is 30.5 Å². The third-order valence-corrected chi connectivity index (χ3v) is 2.24. The van der Waals surface area contributed by atoms with Gasteiger partial charge < -0.3 is 10.1 Å². The van der Waals surface area contributed by atoms with Crippen molar-refractivity contribution in [2.75, 3.05) is 11.7 Å². The Hall–Kier alpha value is -1.56. The maximum Gasteiger partial charge on any atom is 0.352 e. The lowest BCUT2D eigenvalue weighted by molar-refractivity contribution is -0.339. The molecule has 1 aromatic carbocycles. The quantitative estimate of drug-likeness (QED) is 0.272. The molecular formula is C8H9N3O2S. The Bertz CT molecular complexity index is 354. The maximum atomic E-state index is 9.96. The van der Waals surface area contributed by atoms with Crippen LogP contribution in [0.1, 0.15) is 0 Å². The summed E-state index contributed by atoms with van der Waals surface area (Å²) in [6, 6.07) is 7.45. The minimum atomic E-state index is -0.616. The number of thioether (sulfide) groups is 1. The van der Waals surface area contributed by atoms with Crippen molar-refractivity contribution in [3.63, 3.8) is 0 Å². The van der Waals surface area contributed by atoms with Gasteiger partial charge in [-0.05, 0) is 23.3 Å². The highest BCUT2D eigenvalue weighted by Gasteiger charge is 1.99. The monoisotopic (exact) mass is 211 g/mol. The number of hydrogen-bond donors (Lipinski definition) is 1. The average Bonchev–Trinajstić information content (AvgIpc) is 2.18. The lowest BCUT2D eigenvalue weighted by Crippen LogP contribution is -1.97. The summed E-state index contributed by atoms with van der Waals surface area (Å²) >= 11 is 1.55. The van der Waals surface area contributed by atoms with E-state index in [0.29, 0.717) is 6.34 Å². The highest BCUT2D eigenvalue weighted by atomic mass is 32.2. The molecule has 0 aliphatic carbocycles. The number of para-hydroxylation sites is 1. The Morgan fingerprint density at radius 2 is 2.29 bits per heavy atom. The lowest BCUT2D eigenvalue weighted by Gasteiger charge is -2.01. The van der Waals surface area contributed by atoms with Gasteiger partial charge in [-0.1, -0.05) is 12.1 Å². The van der Waals surface area contributed by atoms with Crippen LogP contribution in [0.25, 0.3) is 0 Å². The fourth-order valence-electron chi connectivity index (χ4n) is 0.883. The molecule has 0 amide bonds. The van der Waals surface area contributed by atoms with Crippen LogP contribution in [-0.4, -0.2) is 17.5 Å². The molecule has 1 rings (SSSR count). The van der Waals surface area contributed by atoms with E-state index in [9.17, 15) is 10.1 Å². The zero-order valence-electron chi connectivity index (χ0n) is 7.51. The van der Waals surface area contributed by atoms with Crippen LogP contribution < -0.4 is 5.43 Å². The minimum absolute atomic E-state index is 0.616. The molecule has 0 aliphatic heterocycles. The van der Waals surface area contributed by atoms with E-state index in [1.54, 1.807) is 11.8 Å². The molecule has 0 aromatic heterocycles. The predicted octanol–water partition coefficient (Wildman–Crippen LogP) is 2.04. The van der Waals surface area contributed by atoms with Crippen molar-refractivity contribution in [2.45, 2.75) is 4.90 Å². The second-order valence-corrected chi connectivity index (χ2v) is 3.19. The van der Waals surface area contributed by atoms with Crippen LogP contribution in [0, 0.1) is 10.1 Å². The third-order valence-electron chi connectivity index (χ3n) is 1.44. The SMILES string of the molecule is CSc1ccccc1N/N=C\[N+](=O)[O-]. The average molecular weight is 211 g/mol. The summed E-state index contributed by atoms with van der Waals surface area (Å²) < 4.78 is 0. The van der Waals surface area contributed by atoms with Crippen molar-refractivity contribution >= 4 is 23.8 Å². The molecule has 0 saturated carbocycles. The van der Waals surface area contributed by atoms with Crippen LogP contribution >= 0.6 is 11.8 Å². The van der Waals surface area contributed by atoms with Crippen molar-refractivity contribution in [3.8, 4) is 0 Å². The van der Waals surface area contributed by atoms with Crippen LogP contribution in [0.4, 0.5) is 5.69 Å². The van der Waals surface area contributed by atoms with Gasteiger partial charge in [0.15, 0.2) is 0 Å². The van der Waals surface area contributed by atoms with Gasteiger partial charge in [0.1, 0.15) is 0 Å². The lowest BCUT2D eigenvalue weighted by atomic mass is 10.3. The van der Waals surface area contributed by atoms with E-state index in [0.717, 1.165) is 10.6 Å². The van der Waals surface area contributed by atoms with Crippen LogP contribution in [0.3, 0.4) is 0 Å². The first kappa shape index (κ1) is 10.5. The number of nitrogens with one attached hydrogen (secondary N) is 1. The largest absolute Gasteiger partial charge is 0.358 e. The molecule has 1 aromatic rings. The van der Waals surface area contributed by atoms with Gasteiger partial charge in [0.05, 0.1) is 5.69 Å². The van der Waals surface area contributed by atoms with Gasteiger partial charge in [0.25, 0.3) is 0 Å². The van der Waals surface area contributed by atoms with Gasteiger partial charge in [0.2, 0.25) is 0 Å². The van der Waals surface area contributed by atoms with Crippen molar-refractivity contribution in [3.05, 3.63) is 34.4 Å². The van der Waals surface area contributed by atoms with Gasteiger partial charge in [-0.15, -0.1) is 11.8 Å². The van der Waals surface area contributed by atoms with E-state index in [4.69, 9.17) is 0 Å². The molecule has 0 heterocycles. The summed E-state index contributed by atoms with van der Waals surface area (Å²) in [5.74, 6) is 0. The first-order valence-electron chi connectivity index (χ1n) is 3.79.